The molecule has 0 saturated carbocycles. The molecule has 0 rings (SSSR count). The summed E-state index contributed by atoms with van der Waals surface area (Å²) in [7, 11) is 0. The Balaban J connectivity index is 0. The van der Waals surface area contributed by atoms with Gasteiger partial charge in [0.1, 0.15) is 0 Å². The van der Waals surface area contributed by atoms with Crippen LogP contribution in [0.5, 0.6) is 0 Å². The molecule has 0 fully saturated rings. The minimum Gasteiger partial charge on any atom is -1.00 e. The Morgan fingerprint density at radius 1 is 0.750 bits per heavy atom. The van der Waals surface area contributed by atoms with Crippen LogP contribution in [-0.2, 0) is 0 Å². The summed E-state index contributed by atoms with van der Waals surface area (Å²) in [4.78, 5) is 0. The summed E-state index contributed by atoms with van der Waals surface area (Å²) in [5, 5.41) is 0. The molecule has 0 aliphatic heterocycles. The van der Waals surface area contributed by atoms with Crippen molar-refractivity contribution in [2.75, 3.05) is 0 Å². The van der Waals surface area contributed by atoms with E-state index in [0.29, 0.717) is 0 Å². The first-order chi connectivity index (χ1) is 0. The maximum atomic E-state index is 0. The predicted molar refractivity (Wildman–Crippen MR) is 1.94 cm³/mol. The summed E-state index contributed by atoms with van der Waals surface area (Å²) < 4.78 is 0. The molecule has 0 aromatic carbocycles. The van der Waals surface area contributed by atoms with Gasteiger partial charge in [-0.25, -0.2) is 0 Å². The topological polar surface area (TPSA) is 30.0 Å². The summed E-state index contributed by atoms with van der Waals surface area (Å²) in [5.74, 6) is 0. The first-order valence-electron chi connectivity index (χ1n) is 0. The molecule has 0 heterocycles. The van der Waals surface area contributed by atoms with Crippen molar-refractivity contribution in [2.45, 2.75) is 0 Å². The van der Waals surface area contributed by atoms with Crippen LogP contribution in [0.4, 0.5) is 0 Å². The largest absolute Gasteiger partial charge is 1.00 e. The van der Waals surface area contributed by atoms with Gasteiger partial charge in [0.2, 0.25) is 0 Å². The van der Waals surface area contributed by atoms with Gasteiger partial charge in [-0.3, -0.25) is 0 Å². The van der Waals surface area contributed by atoms with Gasteiger partial charge >= 0.3 is 138 Å². The van der Waals surface area contributed by atoms with Crippen LogP contribution in [0.3, 0.4) is 0 Å². The Hall–Kier alpha value is 3.99. The molecule has 0 unspecified atom stereocenters. The zero-order valence-corrected chi connectivity index (χ0v) is 15.4. The third kappa shape index (κ3) is 9.37. The van der Waals surface area contributed by atoms with Crippen LogP contribution in [0.25, 0.3) is 0 Å². The Bertz CT molecular complexity index is 6.00. The summed E-state index contributed by atoms with van der Waals surface area (Å²) in [5.41, 5.74) is 0. The van der Waals surface area contributed by atoms with E-state index in [1.165, 1.54) is 0 Å². The molecule has 4 heavy (non-hydrogen) atoms. The average molecular weight is 302 g/mol. The van der Waals surface area contributed by atoms with Crippen LogP contribution in [0.2, 0.25) is 0 Å². The first kappa shape index (κ1) is 24.5. The van der Waals surface area contributed by atoms with Crippen molar-refractivity contribution in [2.24, 2.45) is 0 Å². The van der Waals surface area contributed by atoms with E-state index in [-0.39, 0.29) is 148 Å². The molecular formula is HCs2FO. The molecule has 0 amide bonds. The molecule has 0 radical (unpaired) electrons. The Labute approximate surface area is 142 Å². The second-order valence-corrected chi connectivity index (χ2v) is 0. The zero-order chi connectivity index (χ0) is 0. The zero-order valence-electron chi connectivity index (χ0n) is 2.83. The minimum absolute atomic E-state index is 0. The van der Waals surface area contributed by atoms with Crippen molar-refractivity contribution in [3.8, 4) is 0 Å². The Kier molecular flexibility index (Phi) is 96.5. The number of hydrogen-bond donors (Lipinski definition) is 0. The third-order valence-corrected chi connectivity index (χ3v) is 0. The van der Waals surface area contributed by atoms with Crippen molar-refractivity contribution in [1.82, 2.24) is 0 Å². The Morgan fingerprint density at radius 3 is 0.750 bits per heavy atom. The summed E-state index contributed by atoms with van der Waals surface area (Å²) in [6, 6.07) is 0. The van der Waals surface area contributed by atoms with E-state index in [9.17, 15) is 0 Å². The summed E-state index contributed by atoms with van der Waals surface area (Å²) in [6.45, 7) is 0. The van der Waals surface area contributed by atoms with Crippen LogP contribution < -0.4 is 142 Å². The smallest absolute Gasteiger partial charge is 1.00 e. The van der Waals surface area contributed by atoms with E-state index in [2.05, 4.69) is 0 Å². The SMILES string of the molecule is [Cs+].[Cs+].[F-].[OH-]. The molecule has 1 N–H and O–H groups in total. The van der Waals surface area contributed by atoms with Crippen LogP contribution in [-0.4, -0.2) is 5.48 Å². The van der Waals surface area contributed by atoms with Gasteiger partial charge in [-0.05, 0) is 0 Å². The monoisotopic (exact) mass is 302 g/mol. The van der Waals surface area contributed by atoms with Gasteiger partial charge in [0.15, 0.2) is 0 Å². The third-order valence-electron chi connectivity index (χ3n) is 0. The fourth-order valence-corrected chi connectivity index (χ4v) is 0. The van der Waals surface area contributed by atoms with Gasteiger partial charge in [0.25, 0.3) is 0 Å². The van der Waals surface area contributed by atoms with Crippen molar-refractivity contribution in [1.29, 1.82) is 0 Å². The van der Waals surface area contributed by atoms with Gasteiger partial charge in [-0.1, -0.05) is 0 Å². The molecule has 0 spiro atoms. The average Bonchev–Trinajstić information content (AvgIpc) is 0. The maximum Gasteiger partial charge on any atom is 1.00 e. The van der Waals surface area contributed by atoms with E-state index in [1.54, 1.807) is 0 Å². The fraction of sp³-hybridized carbons (Fsp3) is 0. The van der Waals surface area contributed by atoms with E-state index in [1.807, 2.05) is 0 Å². The maximum absolute atomic E-state index is 0. The van der Waals surface area contributed by atoms with Gasteiger partial charge in [0, 0.05) is 0 Å². The Morgan fingerprint density at radius 2 is 0.750 bits per heavy atom. The van der Waals surface area contributed by atoms with E-state index in [4.69, 9.17) is 0 Å². The van der Waals surface area contributed by atoms with E-state index in [0.717, 1.165) is 0 Å². The summed E-state index contributed by atoms with van der Waals surface area (Å²) >= 11 is 0. The molecule has 0 aliphatic rings. The van der Waals surface area contributed by atoms with E-state index < -0.39 is 0 Å². The molecular weight excluding hydrogens is 301 g/mol. The second-order valence-electron chi connectivity index (χ2n) is 0. The molecule has 4 heteroatoms. The van der Waals surface area contributed by atoms with Crippen molar-refractivity contribution in [3.05, 3.63) is 0 Å². The fourth-order valence-electron chi connectivity index (χ4n) is 0. The van der Waals surface area contributed by atoms with Crippen LogP contribution in [0.1, 0.15) is 0 Å². The molecule has 1 nitrogen and oxygen atoms in total. The van der Waals surface area contributed by atoms with Gasteiger partial charge < -0.3 is 10.2 Å². The molecule has 0 atom stereocenters. The molecule has 0 bridgehead atoms. The molecule has 16 valence electrons. The van der Waals surface area contributed by atoms with Gasteiger partial charge in [-0.2, -0.15) is 0 Å². The van der Waals surface area contributed by atoms with Crippen molar-refractivity contribution < 1.29 is 148 Å². The first-order valence-corrected chi connectivity index (χ1v) is 0. The van der Waals surface area contributed by atoms with Crippen LogP contribution in [0.15, 0.2) is 0 Å². The number of halogens is 1. The van der Waals surface area contributed by atoms with Crippen molar-refractivity contribution >= 4 is 0 Å². The standard InChI is InChI=1S/2Cs.FH.H2O/h;;1H;1H2/q2*+1;;/p-2. The number of rotatable bonds is 0. The van der Waals surface area contributed by atoms with Crippen molar-refractivity contribution in [3.63, 3.8) is 0 Å². The minimum atomic E-state index is 0. The van der Waals surface area contributed by atoms with E-state index >= 15 is 0 Å². The number of hydrogen-bond acceptors (Lipinski definition) is 1. The van der Waals surface area contributed by atoms with Crippen LogP contribution in [0, 0.1) is 0 Å². The van der Waals surface area contributed by atoms with Gasteiger partial charge in [0.05, 0.1) is 0 Å². The quantitative estimate of drug-likeness (QED) is 0.437. The normalized spacial score (nSPS) is 0. The molecule has 0 saturated heterocycles. The molecule has 0 aromatic rings. The molecule has 0 aromatic heterocycles. The second kappa shape index (κ2) is 15.8. The van der Waals surface area contributed by atoms with Gasteiger partial charge in [-0.15, -0.1) is 0 Å². The summed E-state index contributed by atoms with van der Waals surface area (Å²) in [6.07, 6.45) is 0. The van der Waals surface area contributed by atoms with Crippen LogP contribution >= 0.6 is 0 Å². The molecule has 0 aliphatic carbocycles. The predicted octanol–water partition coefficient (Wildman–Crippen LogP) is -9.16.